The van der Waals surface area contributed by atoms with Gasteiger partial charge in [-0.1, -0.05) is 24.3 Å². The number of carbonyl (C=O) groups excluding carboxylic acids is 4. The number of phosphoric acid groups is 2. The third kappa shape index (κ3) is 20.5. The summed E-state index contributed by atoms with van der Waals surface area (Å²) in [7, 11) is -3.11. The molecule has 4 fully saturated rings. The average molecular weight is 1750 g/mol. The second-order valence-corrected chi connectivity index (χ2v) is 30.6. The highest BCUT2D eigenvalue weighted by atomic mass is 31.2. The van der Waals surface area contributed by atoms with Crippen LogP contribution in [-0.2, 0) is 83.8 Å². The Morgan fingerprint density at radius 2 is 0.694 bits per heavy atom. The van der Waals surface area contributed by atoms with Crippen molar-refractivity contribution in [2.45, 2.75) is 36.6 Å². The monoisotopic (exact) mass is 1750 g/mol. The van der Waals surface area contributed by atoms with Crippen molar-refractivity contribution in [3.05, 3.63) is 169 Å². The number of aromatic nitrogens is 20. The van der Waals surface area contributed by atoms with E-state index >= 15 is 17.6 Å². The number of halogens is 4. The number of ether oxygens (including phenoxy) is 6. The molecule has 4 saturated heterocycles. The van der Waals surface area contributed by atoms with Crippen molar-refractivity contribution < 1.29 is 112 Å². The number of benzene rings is 4. The molecule has 50 heteroatoms. The Balaban J connectivity index is 0.000000192. The summed E-state index contributed by atoms with van der Waals surface area (Å²) in [6, 6.07) is 29.9. The van der Waals surface area contributed by atoms with Gasteiger partial charge in [-0.2, -0.15) is 19.2 Å². The third-order valence-electron chi connectivity index (χ3n) is 18.8. The van der Waals surface area contributed by atoms with Crippen molar-refractivity contribution >= 4 is 62.8 Å². The Morgan fingerprint density at radius 3 is 0.960 bits per heavy atom. The van der Waals surface area contributed by atoms with E-state index in [9.17, 15) is 48.3 Å². The van der Waals surface area contributed by atoms with Gasteiger partial charge < -0.3 is 48.4 Å². The first kappa shape index (κ1) is 85.6. The molecule has 4 amide bonds. The fraction of sp³-hybridized carbons (Fsp3) is 0.297. The number of pyridine rings is 4. The Morgan fingerprint density at radius 1 is 0.403 bits per heavy atom. The predicted molar refractivity (Wildman–Crippen MR) is 417 cm³/mol. The van der Waals surface area contributed by atoms with Gasteiger partial charge in [-0.3, -0.25) is 57.6 Å². The minimum atomic E-state index is -4.84. The van der Waals surface area contributed by atoms with Crippen LogP contribution in [0.5, 0.6) is 0 Å². The topological polar surface area (TPSA) is 515 Å². The van der Waals surface area contributed by atoms with Crippen molar-refractivity contribution in [3.8, 4) is 90.6 Å². The number of aliphatic hydroxyl groups excluding tert-OH is 2. The van der Waals surface area contributed by atoms with Crippen LogP contribution in [0.1, 0.15) is 0 Å². The minimum absolute atomic E-state index is 0.00591. The fourth-order valence-electron chi connectivity index (χ4n) is 12.8. The lowest BCUT2D eigenvalue weighted by Crippen LogP contribution is -2.29. The number of amides is 4. The van der Waals surface area contributed by atoms with Gasteiger partial charge in [-0.15, -0.1) is 40.8 Å². The number of carbonyl (C=O) groups is 4. The minimum Gasteiger partial charge on any atom is -0.441 e. The van der Waals surface area contributed by atoms with Gasteiger partial charge in [0.2, 0.25) is 23.3 Å². The molecule has 4 aliphatic heterocycles. The van der Waals surface area contributed by atoms with Crippen LogP contribution in [0.15, 0.2) is 146 Å². The summed E-state index contributed by atoms with van der Waals surface area (Å²) in [5, 5.41) is 67.1. The van der Waals surface area contributed by atoms with Gasteiger partial charge in [0.1, 0.15) is 82.7 Å². The van der Waals surface area contributed by atoms with Crippen molar-refractivity contribution in [3.63, 3.8) is 0 Å². The fourth-order valence-corrected chi connectivity index (χ4v) is 14.5. The first-order valence-corrected chi connectivity index (χ1v) is 40.3. The molecule has 0 spiro atoms. The number of nitrogens with zero attached hydrogens (tertiary/aromatic N) is 24. The van der Waals surface area contributed by atoms with E-state index in [1.807, 2.05) is 0 Å². The zero-order valence-corrected chi connectivity index (χ0v) is 67.1. The van der Waals surface area contributed by atoms with Crippen molar-refractivity contribution in [1.29, 1.82) is 0 Å². The van der Waals surface area contributed by atoms with E-state index in [4.69, 9.17) is 46.5 Å². The normalized spacial score (nSPS) is 17.9. The summed E-state index contributed by atoms with van der Waals surface area (Å²) in [6.07, 6.45) is -3.66. The molecule has 0 saturated carbocycles. The largest absolute Gasteiger partial charge is 0.472 e. The molecule has 4 N–H and O–H groups in total. The lowest BCUT2D eigenvalue weighted by atomic mass is 10.1. The molecule has 12 heterocycles. The standard InChI is InChI=1S/2C37H35F2N12O10P/c1-48-44-34(42-46-48)32-9-3-21(13-40-32)28-7-5-23(11-30(28)38)50-15-26(60-36(50)53)19-57-17-25(52)18-58-62(55,56)59-20-27-16-51(37(54)61-27)24-6-8-29(31(39)12-24)22-4-10-33(41-14-22)35-43-47-49(2)45-35;1-48-44-34(42-46-48)32-9-3-21(13-40-32)28-7-5-23(11-30(28)38)50-15-25(59-36(50)53)18-57-19-27(17-52)61-62(55,56)58-20-26-16-51(37(54)60-26)24-6-8-29(31(39)12-24)22-4-10-33(41-14-22)35-43-47-49(2)45-35/h2*3-14,25-27,52H,15-20H2,1-2H3,(H,55,56)/t25?,26-,27-;25-,26-,27?/m11/s1. The van der Waals surface area contributed by atoms with Crippen LogP contribution in [0.4, 0.5) is 59.5 Å². The molecular formula is C74H70F4N24O20P2. The summed E-state index contributed by atoms with van der Waals surface area (Å²) in [5.74, 6) is -1.24. The number of aliphatic hydroxyl groups is 2. The van der Waals surface area contributed by atoms with E-state index in [2.05, 4.69) is 81.6 Å². The van der Waals surface area contributed by atoms with Crippen molar-refractivity contribution in [2.75, 3.05) is 98.6 Å². The number of aryl methyl sites for hydroxylation is 4. The average Bonchev–Trinajstić information content (AvgIpc) is 1.50. The third-order valence-corrected chi connectivity index (χ3v) is 20.8. The zero-order valence-electron chi connectivity index (χ0n) is 65.3. The quantitative estimate of drug-likeness (QED) is 0.0194. The molecule has 16 rings (SSSR count). The summed E-state index contributed by atoms with van der Waals surface area (Å²) < 4.78 is 139. The van der Waals surface area contributed by atoms with Crippen LogP contribution in [0.2, 0.25) is 0 Å². The Kier molecular flexibility index (Phi) is 25.6. The van der Waals surface area contributed by atoms with Crippen molar-refractivity contribution in [1.82, 2.24) is 101 Å². The summed E-state index contributed by atoms with van der Waals surface area (Å²) in [5.41, 5.74) is 5.47. The van der Waals surface area contributed by atoms with E-state index in [1.165, 1.54) is 102 Å². The smallest absolute Gasteiger partial charge is 0.441 e. The molecule has 644 valence electrons. The lowest BCUT2D eigenvalue weighted by Gasteiger charge is -2.20. The molecule has 4 aliphatic rings. The number of hydrogen-bond acceptors (Lipinski definition) is 34. The van der Waals surface area contributed by atoms with E-state index in [1.54, 1.807) is 88.9 Å². The maximum atomic E-state index is 15.3. The number of phosphoric ester groups is 2. The van der Waals surface area contributed by atoms with Gasteiger partial charge in [0.25, 0.3) is 0 Å². The molecule has 8 atom stereocenters. The number of tetrazole rings is 4. The Labute approximate surface area is 696 Å². The van der Waals surface area contributed by atoms with Gasteiger partial charge in [0.05, 0.1) is 130 Å². The summed E-state index contributed by atoms with van der Waals surface area (Å²) >= 11 is 0. The molecule has 12 aromatic rings. The van der Waals surface area contributed by atoms with Gasteiger partial charge in [-0.25, -0.2) is 45.9 Å². The van der Waals surface area contributed by atoms with Gasteiger partial charge in [0, 0.05) is 69.3 Å². The zero-order chi connectivity index (χ0) is 87.1. The van der Waals surface area contributed by atoms with Crippen LogP contribution in [0, 0.1) is 23.3 Å². The SMILES string of the molecule is Cn1nnc(-c2ccc(-c3ccc(N4C[C@H](COCC(CO)OP(=O)(O)OC[C@H]5CN(c6ccc(-c7ccc(-c8nnn(C)n8)nc7)c(F)c6)C(=O)O5)OC4=O)cc3F)cn2)n1.Cn1nnc(-c2ccc(-c3ccc(N4C[C@H](COCC(O)COP(=O)(O)OC[C@H]5CN(c6ccc(-c7ccc(-c8nnn(C)n8)nc7)c(F)c6)C(=O)O5)OC4=O)cc3F)cn2)n1. The molecular weight excluding hydrogens is 1680 g/mol. The van der Waals surface area contributed by atoms with Gasteiger partial charge in [0.15, 0.2) is 0 Å². The van der Waals surface area contributed by atoms with Gasteiger partial charge in [-0.05, 0) is 118 Å². The molecule has 124 heavy (non-hydrogen) atoms. The molecule has 4 aromatic carbocycles. The molecule has 0 bridgehead atoms. The van der Waals surface area contributed by atoms with Crippen LogP contribution in [0.25, 0.3) is 90.6 Å². The maximum absolute atomic E-state index is 15.3. The number of hydrogen-bond donors (Lipinski definition) is 4. The highest BCUT2D eigenvalue weighted by Crippen LogP contribution is 2.46. The second kappa shape index (κ2) is 37.1. The van der Waals surface area contributed by atoms with Crippen LogP contribution < -0.4 is 19.6 Å². The Bertz CT molecular complexity index is 5990. The van der Waals surface area contributed by atoms with Crippen LogP contribution >= 0.6 is 15.6 Å². The first-order valence-electron chi connectivity index (χ1n) is 37.3. The lowest BCUT2D eigenvalue weighted by molar-refractivity contribution is -0.0239. The Hall–Kier alpha value is -13.4. The maximum Gasteiger partial charge on any atom is 0.472 e. The van der Waals surface area contributed by atoms with Crippen molar-refractivity contribution in [2.24, 2.45) is 28.2 Å². The molecule has 4 unspecified atom stereocenters. The number of rotatable bonds is 32. The van der Waals surface area contributed by atoms with E-state index in [-0.39, 0.29) is 91.0 Å². The molecule has 44 nitrogen and oxygen atoms in total. The highest BCUT2D eigenvalue weighted by Gasteiger charge is 2.40. The number of anilines is 4. The molecule has 0 aliphatic carbocycles. The highest BCUT2D eigenvalue weighted by molar-refractivity contribution is 7.47. The molecule has 0 radical (unpaired) electrons. The van der Waals surface area contributed by atoms with E-state index in [0.717, 1.165) is 21.9 Å². The number of cyclic esters (lactones) is 4. The predicted octanol–water partition coefficient (Wildman–Crippen LogP) is 6.66. The molecule has 8 aromatic heterocycles. The van der Waals surface area contributed by atoms with Crippen LogP contribution in [0.3, 0.4) is 0 Å². The summed E-state index contributed by atoms with van der Waals surface area (Å²) in [6.45, 7) is -3.95. The van der Waals surface area contributed by atoms with E-state index < -0.39 is 133 Å². The summed E-state index contributed by atoms with van der Waals surface area (Å²) in [4.78, 5) is 98.2. The first-order chi connectivity index (χ1) is 59.6. The second-order valence-electron chi connectivity index (χ2n) is 27.7. The van der Waals surface area contributed by atoms with E-state index in [0.29, 0.717) is 68.3 Å². The van der Waals surface area contributed by atoms with Crippen LogP contribution in [-0.4, -0.2) is 261 Å². The van der Waals surface area contributed by atoms with Gasteiger partial charge >= 0.3 is 40.0 Å².